The zero-order chi connectivity index (χ0) is 17.0. The highest BCUT2D eigenvalue weighted by Crippen LogP contribution is 2.25. The van der Waals surface area contributed by atoms with Crippen LogP contribution in [0, 0.1) is 4.91 Å². The first-order valence-electron chi connectivity index (χ1n) is 7.59. The number of carbonyl (C=O) groups is 1. The molecule has 1 aromatic rings. The van der Waals surface area contributed by atoms with Gasteiger partial charge in [-0.1, -0.05) is 23.7 Å². The van der Waals surface area contributed by atoms with Gasteiger partial charge in [-0.25, -0.2) is 4.79 Å². The van der Waals surface area contributed by atoms with Gasteiger partial charge in [0.15, 0.2) is 5.50 Å². The summed E-state index contributed by atoms with van der Waals surface area (Å²) in [5.74, 6) is 0. The Hall–Kier alpha value is -1.82. The molecule has 126 valence electrons. The van der Waals surface area contributed by atoms with Crippen LogP contribution in [0.3, 0.4) is 0 Å². The number of alkyl halides is 1. The highest BCUT2D eigenvalue weighted by atomic mass is 35.5. The van der Waals surface area contributed by atoms with Crippen LogP contribution in [-0.2, 0) is 4.74 Å². The molecule has 0 aliphatic carbocycles. The number of nitrogens with zero attached hydrogens (tertiary/aromatic N) is 3. The van der Waals surface area contributed by atoms with E-state index >= 15 is 0 Å². The first-order valence-corrected chi connectivity index (χ1v) is 8.03. The Morgan fingerprint density at radius 1 is 1.17 bits per heavy atom. The zero-order valence-electron chi connectivity index (χ0n) is 13.7. The Balaban J connectivity index is 1.91. The van der Waals surface area contributed by atoms with E-state index in [4.69, 9.17) is 16.3 Å². The van der Waals surface area contributed by atoms with Crippen molar-refractivity contribution in [3.63, 3.8) is 0 Å². The average molecular weight is 340 g/mol. The molecule has 6 nitrogen and oxygen atoms in total. The molecule has 2 rings (SSSR count). The van der Waals surface area contributed by atoms with Gasteiger partial charge >= 0.3 is 6.09 Å². The van der Waals surface area contributed by atoms with Crippen molar-refractivity contribution in [3.05, 3.63) is 34.7 Å². The van der Waals surface area contributed by atoms with Crippen LogP contribution < -0.4 is 4.90 Å². The number of hydrogen-bond donors (Lipinski definition) is 0. The molecule has 1 amide bonds. The number of carbonyl (C=O) groups excluding carboxylic acids is 1. The Morgan fingerprint density at radius 2 is 1.74 bits per heavy atom. The number of halogens is 1. The Labute approximate surface area is 141 Å². The van der Waals surface area contributed by atoms with Gasteiger partial charge in [0.1, 0.15) is 5.60 Å². The van der Waals surface area contributed by atoms with Crippen molar-refractivity contribution >= 4 is 23.4 Å². The normalized spacial score (nSPS) is 16.9. The van der Waals surface area contributed by atoms with E-state index in [0.29, 0.717) is 18.7 Å². The van der Waals surface area contributed by atoms with Crippen molar-refractivity contribution in [1.82, 2.24) is 4.90 Å². The van der Waals surface area contributed by atoms with Gasteiger partial charge in [0.05, 0.1) is 0 Å². The molecule has 1 unspecified atom stereocenters. The number of ether oxygens (including phenoxy) is 1. The Kier molecular flexibility index (Phi) is 5.46. The molecule has 0 N–H and O–H groups in total. The molecule has 23 heavy (non-hydrogen) atoms. The van der Waals surface area contributed by atoms with Crippen LogP contribution in [0.4, 0.5) is 10.5 Å². The number of benzene rings is 1. The lowest BCUT2D eigenvalue weighted by molar-refractivity contribution is 0.0240. The van der Waals surface area contributed by atoms with Crippen molar-refractivity contribution in [2.45, 2.75) is 31.9 Å². The summed E-state index contributed by atoms with van der Waals surface area (Å²) in [5.41, 5.74) is 0.382. The van der Waals surface area contributed by atoms with Gasteiger partial charge in [-0.05, 0) is 43.6 Å². The fourth-order valence-electron chi connectivity index (χ4n) is 2.38. The number of rotatable bonds is 3. The predicted octanol–water partition coefficient (Wildman–Crippen LogP) is 3.75. The maximum atomic E-state index is 12.0. The molecule has 1 aromatic carbocycles. The van der Waals surface area contributed by atoms with E-state index in [1.165, 1.54) is 0 Å². The molecule has 1 aliphatic heterocycles. The highest BCUT2D eigenvalue weighted by Gasteiger charge is 2.25. The van der Waals surface area contributed by atoms with Crippen LogP contribution in [0.1, 0.15) is 31.8 Å². The summed E-state index contributed by atoms with van der Waals surface area (Å²) in [6.07, 6.45) is -0.269. The maximum absolute atomic E-state index is 12.0. The van der Waals surface area contributed by atoms with Crippen LogP contribution >= 0.6 is 11.6 Å². The van der Waals surface area contributed by atoms with Crippen LogP contribution in [0.25, 0.3) is 0 Å². The molecule has 0 bridgehead atoms. The van der Waals surface area contributed by atoms with Gasteiger partial charge in [-0.2, -0.15) is 0 Å². The van der Waals surface area contributed by atoms with Crippen molar-refractivity contribution in [2.24, 2.45) is 5.18 Å². The van der Waals surface area contributed by atoms with E-state index in [1.807, 2.05) is 32.9 Å². The lowest BCUT2D eigenvalue weighted by Crippen LogP contribution is -2.50. The van der Waals surface area contributed by atoms with Gasteiger partial charge < -0.3 is 14.5 Å². The molecular formula is C16H22ClN3O3. The molecule has 0 spiro atoms. The molecule has 0 aromatic heterocycles. The van der Waals surface area contributed by atoms with E-state index in [1.54, 1.807) is 17.0 Å². The van der Waals surface area contributed by atoms with E-state index in [9.17, 15) is 9.70 Å². The Morgan fingerprint density at radius 3 is 2.22 bits per heavy atom. The van der Waals surface area contributed by atoms with Crippen molar-refractivity contribution in [1.29, 1.82) is 0 Å². The molecule has 0 radical (unpaired) electrons. The summed E-state index contributed by atoms with van der Waals surface area (Å²) < 4.78 is 5.39. The Bertz CT molecular complexity index is 549. The molecule has 7 heteroatoms. The first kappa shape index (κ1) is 17.5. The molecule has 1 saturated heterocycles. The van der Waals surface area contributed by atoms with Gasteiger partial charge in [-0.3, -0.25) is 0 Å². The van der Waals surface area contributed by atoms with Crippen molar-refractivity contribution in [3.8, 4) is 0 Å². The monoisotopic (exact) mass is 339 g/mol. The van der Waals surface area contributed by atoms with Crippen LogP contribution in [-0.4, -0.2) is 42.8 Å². The molecule has 1 atom stereocenters. The van der Waals surface area contributed by atoms with Crippen LogP contribution in [0.15, 0.2) is 29.4 Å². The van der Waals surface area contributed by atoms with E-state index in [2.05, 4.69) is 10.1 Å². The summed E-state index contributed by atoms with van der Waals surface area (Å²) in [4.78, 5) is 26.4. The average Bonchev–Trinajstić information content (AvgIpc) is 2.53. The van der Waals surface area contributed by atoms with Gasteiger partial charge in [0.2, 0.25) is 0 Å². The fraction of sp³-hybridized carbons (Fsp3) is 0.562. The molecule has 1 aliphatic rings. The van der Waals surface area contributed by atoms with Gasteiger partial charge in [0, 0.05) is 31.9 Å². The smallest absolute Gasteiger partial charge is 0.410 e. The van der Waals surface area contributed by atoms with Gasteiger partial charge in [0.25, 0.3) is 0 Å². The minimum Gasteiger partial charge on any atom is -0.444 e. The van der Waals surface area contributed by atoms with Crippen molar-refractivity contribution in [2.75, 3.05) is 31.1 Å². The van der Waals surface area contributed by atoms with Gasteiger partial charge in [-0.15, -0.1) is 4.91 Å². The standard InChI is InChI=1S/C16H22ClN3O3/c1-16(2,3)23-15(21)20-10-8-19(9-11-20)13-6-4-12(5-7-13)14(17)18-22/h4-7,14H,8-11H2,1-3H3. The number of piperazine rings is 1. The predicted molar refractivity (Wildman–Crippen MR) is 90.9 cm³/mol. The topological polar surface area (TPSA) is 62.2 Å². The lowest BCUT2D eigenvalue weighted by atomic mass is 10.2. The SMILES string of the molecule is CC(C)(C)OC(=O)N1CCN(c2ccc(C(Cl)N=O)cc2)CC1. The van der Waals surface area contributed by atoms with E-state index < -0.39 is 11.1 Å². The number of nitroso groups, excluding NO2 is 1. The van der Waals surface area contributed by atoms with E-state index in [0.717, 1.165) is 18.8 Å². The summed E-state index contributed by atoms with van der Waals surface area (Å²) in [6.45, 7) is 8.28. The van der Waals surface area contributed by atoms with Crippen LogP contribution in [0.2, 0.25) is 0 Å². The third-order valence-corrected chi connectivity index (χ3v) is 3.89. The quantitative estimate of drug-likeness (QED) is 0.478. The summed E-state index contributed by atoms with van der Waals surface area (Å²) in [6, 6.07) is 7.43. The molecule has 1 heterocycles. The number of amides is 1. The third-order valence-electron chi connectivity index (χ3n) is 3.56. The minimum absolute atomic E-state index is 0.269. The lowest BCUT2D eigenvalue weighted by Gasteiger charge is -2.36. The summed E-state index contributed by atoms with van der Waals surface area (Å²) in [5, 5.41) is 2.80. The zero-order valence-corrected chi connectivity index (χ0v) is 14.4. The first-order chi connectivity index (χ1) is 10.8. The second-order valence-corrected chi connectivity index (χ2v) is 6.90. The summed E-state index contributed by atoms with van der Waals surface area (Å²) >= 11 is 5.78. The van der Waals surface area contributed by atoms with Crippen molar-refractivity contribution < 1.29 is 9.53 Å². The number of hydrogen-bond acceptors (Lipinski definition) is 5. The highest BCUT2D eigenvalue weighted by molar-refractivity contribution is 6.20. The molecule has 0 saturated carbocycles. The second-order valence-electron chi connectivity index (χ2n) is 6.49. The summed E-state index contributed by atoms with van der Waals surface area (Å²) in [7, 11) is 0. The number of anilines is 1. The largest absolute Gasteiger partial charge is 0.444 e. The second kappa shape index (κ2) is 7.17. The maximum Gasteiger partial charge on any atom is 0.410 e. The van der Waals surface area contributed by atoms with Crippen LogP contribution in [0.5, 0.6) is 0 Å². The molecular weight excluding hydrogens is 318 g/mol. The van der Waals surface area contributed by atoms with E-state index in [-0.39, 0.29) is 6.09 Å². The fourth-order valence-corrected chi connectivity index (χ4v) is 2.52. The third kappa shape index (κ3) is 4.82. The minimum atomic E-state index is -0.854. The molecule has 1 fully saturated rings.